The van der Waals surface area contributed by atoms with E-state index in [-0.39, 0.29) is 5.56 Å². The zero-order valence-electron chi connectivity index (χ0n) is 9.01. The van der Waals surface area contributed by atoms with Gasteiger partial charge in [-0.15, -0.1) is 11.3 Å². The Morgan fingerprint density at radius 1 is 1.29 bits per heavy atom. The summed E-state index contributed by atoms with van der Waals surface area (Å²) in [6.07, 6.45) is 0. The second-order valence-electron chi connectivity index (χ2n) is 3.76. The van der Waals surface area contributed by atoms with Crippen LogP contribution in [0.15, 0.2) is 23.6 Å². The fourth-order valence-electron chi connectivity index (χ4n) is 1.57. The highest BCUT2D eigenvalue weighted by molar-refractivity contribution is 14.1. The maximum absolute atomic E-state index is 13.8. The molecule has 2 N–H and O–H groups in total. The molecule has 1 nitrogen and oxygen atoms in total. The highest BCUT2D eigenvalue weighted by atomic mass is 127. The highest BCUT2D eigenvalue weighted by Crippen LogP contribution is 2.28. The van der Waals surface area contributed by atoms with Gasteiger partial charge in [-0.2, -0.15) is 0 Å². The average Bonchev–Trinajstić information content (AvgIpc) is 2.72. The van der Waals surface area contributed by atoms with Crippen molar-refractivity contribution in [2.75, 3.05) is 0 Å². The van der Waals surface area contributed by atoms with Crippen LogP contribution in [-0.2, 0) is 0 Å². The third kappa shape index (κ3) is 2.51. The predicted molar refractivity (Wildman–Crippen MR) is 74.2 cm³/mol. The van der Waals surface area contributed by atoms with E-state index in [0.717, 1.165) is 8.45 Å². The molecule has 17 heavy (non-hydrogen) atoms. The SMILES string of the molecule is Cc1ccc(C(N)c2csc(I)c2)c(F)c1F. The minimum absolute atomic E-state index is 0.197. The molecule has 2 rings (SSSR count). The van der Waals surface area contributed by atoms with Gasteiger partial charge in [0.05, 0.1) is 8.93 Å². The maximum atomic E-state index is 13.8. The van der Waals surface area contributed by atoms with Crippen LogP contribution in [0.2, 0.25) is 0 Å². The first-order valence-electron chi connectivity index (χ1n) is 4.94. The molecule has 0 radical (unpaired) electrons. The summed E-state index contributed by atoms with van der Waals surface area (Å²) in [5, 5.41) is 1.86. The van der Waals surface area contributed by atoms with Crippen LogP contribution in [0.1, 0.15) is 22.7 Å². The number of thiophene rings is 1. The molecule has 5 heteroatoms. The maximum Gasteiger partial charge on any atom is 0.164 e. The third-order valence-corrected chi connectivity index (χ3v) is 4.39. The zero-order chi connectivity index (χ0) is 12.6. The first kappa shape index (κ1) is 12.9. The van der Waals surface area contributed by atoms with Gasteiger partial charge in [-0.25, -0.2) is 8.78 Å². The number of hydrogen-bond donors (Lipinski definition) is 1. The summed E-state index contributed by atoms with van der Waals surface area (Å²) in [6.45, 7) is 1.53. The van der Waals surface area contributed by atoms with Crippen molar-refractivity contribution in [3.05, 3.63) is 54.8 Å². The van der Waals surface area contributed by atoms with Crippen molar-refractivity contribution >= 4 is 33.9 Å². The molecule has 1 aromatic carbocycles. The van der Waals surface area contributed by atoms with Gasteiger partial charge in [-0.05, 0) is 52.1 Å². The Labute approximate surface area is 116 Å². The first-order chi connectivity index (χ1) is 8.00. The molecule has 0 aliphatic rings. The lowest BCUT2D eigenvalue weighted by Crippen LogP contribution is -2.14. The molecule has 0 aliphatic carbocycles. The molecule has 0 saturated heterocycles. The van der Waals surface area contributed by atoms with Gasteiger partial charge in [0, 0.05) is 5.56 Å². The van der Waals surface area contributed by atoms with Gasteiger partial charge < -0.3 is 5.73 Å². The van der Waals surface area contributed by atoms with E-state index in [1.807, 2.05) is 11.4 Å². The molecule has 0 fully saturated rings. The largest absolute Gasteiger partial charge is 0.320 e. The van der Waals surface area contributed by atoms with Crippen LogP contribution < -0.4 is 5.73 Å². The molecule has 1 unspecified atom stereocenters. The lowest BCUT2D eigenvalue weighted by molar-refractivity contribution is 0.489. The van der Waals surface area contributed by atoms with E-state index < -0.39 is 17.7 Å². The Balaban J connectivity index is 2.44. The smallest absolute Gasteiger partial charge is 0.164 e. The Morgan fingerprint density at radius 2 is 2.00 bits per heavy atom. The zero-order valence-corrected chi connectivity index (χ0v) is 12.0. The van der Waals surface area contributed by atoms with Crippen molar-refractivity contribution in [1.29, 1.82) is 0 Å². The molecule has 0 amide bonds. The normalized spacial score (nSPS) is 12.8. The van der Waals surface area contributed by atoms with E-state index in [1.165, 1.54) is 18.3 Å². The van der Waals surface area contributed by atoms with Crippen molar-refractivity contribution in [2.24, 2.45) is 5.73 Å². The molecule has 0 aliphatic heterocycles. The van der Waals surface area contributed by atoms with Crippen LogP contribution >= 0.6 is 33.9 Å². The van der Waals surface area contributed by atoms with Crippen LogP contribution in [0.3, 0.4) is 0 Å². The number of halogens is 3. The van der Waals surface area contributed by atoms with Gasteiger partial charge in [0.1, 0.15) is 0 Å². The summed E-state index contributed by atoms with van der Waals surface area (Å²) in [5.74, 6) is -1.67. The van der Waals surface area contributed by atoms with E-state index in [0.29, 0.717) is 5.56 Å². The first-order valence-corrected chi connectivity index (χ1v) is 6.90. The van der Waals surface area contributed by atoms with Crippen LogP contribution in [0.25, 0.3) is 0 Å². The average molecular weight is 365 g/mol. The number of nitrogens with two attached hydrogens (primary N) is 1. The van der Waals surface area contributed by atoms with E-state index in [1.54, 1.807) is 12.1 Å². The molecule has 0 saturated carbocycles. The van der Waals surface area contributed by atoms with Gasteiger partial charge >= 0.3 is 0 Å². The fraction of sp³-hybridized carbons (Fsp3) is 0.167. The quantitative estimate of drug-likeness (QED) is 0.801. The van der Waals surface area contributed by atoms with Crippen molar-refractivity contribution in [1.82, 2.24) is 0 Å². The second-order valence-corrected chi connectivity index (χ2v) is 6.57. The van der Waals surface area contributed by atoms with Crippen LogP contribution in [0, 0.1) is 21.4 Å². The van der Waals surface area contributed by atoms with Crippen molar-refractivity contribution in [3.63, 3.8) is 0 Å². The Hall–Kier alpha value is -0.530. The molecular formula is C12H10F2INS. The predicted octanol–water partition coefficient (Wildman–Crippen LogP) is 3.99. The van der Waals surface area contributed by atoms with E-state index in [2.05, 4.69) is 22.6 Å². The highest BCUT2D eigenvalue weighted by Gasteiger charge is 2.18. The number of rotatable bonds is 2. The van der Waals surface area contributed by atoms with Gasteiger partial charge in [0.2, 0.25) is 0 Å². The molecule has 90 valence electrons. The van der Waals surface area contributed by atoms with Crippen LogP contribution in [0.5, 0.6) is 0 Å². The van der Waals surface area contributed by atoms with Crippen molar-refractivity contribution in [3.8, 4) is 0 Å². The molecular weight excluding hydrogens is 355 g/mol. The molecule has 1 heterocycles. The molecule has 0 spiro atoms. The molecule has 1 aromatic heterocycles. The monoisotopic (exact) mass is 365 g/mol. The Bertz CT molecular complexity index is 553. The minimum atomic E-state index is -0.848. The summed E-state index contributed by atoms with van der Waals surface area (Å²) in [6, 6.07) is 4.35. The number of aryl methyl sites for hydroxylation is 1. The lowest BCUT2D eigenvalue weighted by Gasteiger charge is -2.12. The third-order valence-electron chi connectivity index (χ3n) is 2.59. The van der Waals surface area contributed by atoms with Gasteiger partial charge in [-0.1, -0.05) is 12.1 Å². The fourth-order valence-corrected chi connectivity index (χ4v) is 2.98. The van der Waals surface area contributed by atoms with Gasteiger partial charge in [0.15, 0.2) is 11.6 Å². The molecule has 0 bridgehead atoms. The van der Waals surface area contributed by atoms with E-state index in [9.17, 15) is 8.78 Å². The number of benzene rings is 1. The topological polar surface area (TPSA) is 26.0 Å². The van der Waals surface area contributed by atoms with Crippen LogP contribution in [0.4, 0.5) is 8.78 Å². The van der Waals surface area contributed by atoms with Gasteiger partial charge in [-0.3, -0.25) is 0 Å². The molecule has 1 atom stereocenters. The van der Waals surface area contributed by atoms with Crippen LogP contribution in [-0.4, -0.2) is 0 Å². The summed E-state index contributed by atoms with van der Waals surface area (Å²) < 4.78 is 28.3. The Kier molecular flexibility index (Phi) is 3.79. The van der Waals surface area contributed by atoms with Crippen molar-refractivity contribution in [2.45, 2.75) is 13.0 Å². The summed E-state index contributed by atoms with van der Waals surface area (Å²) in [4.78, 5) is 0. The minimum Gasteiger partial charge on any atom is -0.320 e. The Morgan fingerprint density at radius 3 is 2.59 bits per heavy atom. The standard InChI is InChI=1S/C12H10F2INS/c1-6-2-3-8(11(14)10(6)13)12(16)7-4-9(15)17-5-7/h2-5,12H,16H2,1H3. The van der Waals surface area contributed by atoms with Crippen molar-refractivity contribution < 1.29 is 8.78 Å². The molecule has 2 aromatic rings. The second kappa shape index (κ2) is 4.99. The lowest BCUT2D eigenvalue weighted by atomic mass is 10.00. The summed E-state index contributed by atoms with van der Waals surface area (Å²) >= 11 is 3.70. The van der Waals surface area contributed by atoms with E-state index in [4.69, 9.17) is 5.73 Å². The number of hydrogen-bond acceptors (Lipinski definition) is 2. The summed E-state index contributed by atoms with van der Waals surface area (Å²) in [7, 11) is 0. The van der Waals surface area contributed by atoms with E-state index >= 15 is 0 Å². The summed E-state index contributed by atoms with van der Waals surface area (Å²) in [5.41, 5.74) is 7.24. The van der Waals surface area contributed by atoms with Gasteiger partial charge in [0.25, 0.3) is 0 Å².